The third-order valence-corrected chi connectivity index (χ3v) is 3.58. The fraction of sp³-hybridized carbons (Fsp3) is 0.200. The number of halogens is 1. The average molecular weight is 244 g/mol. The van der Waals surface area contributed by atoms with Gasteiger partial charge in [0.15, 0.2) is 0 Å². The van der Waals surface area contributed by atoms with E-state index in [9.17, 15) is 0 Å². The Bertz CT molecular complexity index is 538. The Balaban J connectivity index is 1.94. The minimum absolute atomic E-state index is 0.808. The molecular formula is C15H14ClN. The Morgan fingerprint density at radius 2 is 1.65 bits per heavy atom. The number of anilines is 1. The maximum Gasteiger partial charge on any atom is 0.0436 e. The molecule has 0 spiro atoms. The third kappa shape index (κ3) is 1.91. The number of rotatable bonds is 1. The molecule has 2 aromatic rings. The number of fused-ring (bicyclic) bond motifs is 1. The van der Waals surface area contributed by atoms with Gasteiger partial charge in [0.1, 0.15) is 0 Å². The summed E-state index contributed by atoms with van der Waals surface area (Å²) in [6.07, 6.45) is 0. The second-order valence-electron chi connectivity index (χ2n) is 4.56. The number of hydrogen-bond donors (Lipinski definition) is 0. The lowest BCUT2D eigenvalue weighted by molar-refractivity contribution is 0.875. The van der Waals surface area contributed by atoms with Gasteiger partial charge < -0.3 is 4.90 Å². The van der Waals surface area contributed by atoms with Gasteiger partial charge in [-0.1, -0.05) is 35.9 Å². The molecule has 17 heavy (non-hydrogen) atoms. The van der Waals surface area contributed by atoms with E-state index in [4.69, 9.17) is 11.6 Å². The molecule has 1 aliphatic heterocycles. The van der Waals surface area contributed by atoms with Gasteiger partial charge in [-0.05, 0) is 41.8 Å². The fourth-order valence-corrected chi connectivity index (χ4v) is 2.70. The summed E-state index contributed by atoms with van der Waals surface area (Å²) in [5.74, 6) is 0. The van der Waals surface area contributed by atoms with Crippen LogP contribution in [0.15, 0.2) is 42.5 Å². The number of nitrogens with zero attached hydrogens (tertiary/aromatic N) is 1. The van der Waals surface area contributed by atoms with Crippen LogP contribution in [-0.2, 0) is 13.1 Å². The molecule has 0 atom stereocenters. The van der Waals surface area contributed by atoms with Crippen LogP contribution in [0.2, 0.25) is 5.02 Å². The molecule has 0 fully saturated rings. The highest BCUT2D eigenvalue weighted by atomic mass is 35.5. The molecule has 1 aliphatic rings. The van der Waals surface area contributed by atoms with Gasteiger partial charge >= 0.3 is 0 Å². The van der Waals surface area contributed by atoms with E-state index in [1.54, 1.807) is 0 Å². The summed E-state index contributed by atoms with van der Waals surface area (Å²) in [5, 5.41) is 0.808. The smallest absolute Gasteiger partial charge is 0.0436 e. The van der Waals surface area contributed by atoms with E-state index in [1.807, 2.05) is 12.1 Å². The molecule has 3 rings (SSSR count). The minimum atomic E-state index is 0.808. The Kier molecular flexibility index (Phi) is 2.56. The first kappa shape index (κ1) is 10.7. The molecule has 86 valence electrons. The molecule has 0 saturated heterocycles. The highest BCUT2D eigenvalue weighted by molar-refractivity contribution is 6.30. The molecule has 0 radical (unpaired) electrons. The monoisotopic (exact) mass is 243 g/mol. The summed E-state index contributed by atoms with van der Waals surface area (Å²) in [7, 11) is 0. The summed E-state index contributed by atoms with van der Waals surface area (Å²) in [5.41, 5.74) is 5.39. The van der Waals surface area contributed by atoms with Gasteiger partial charge in [0.25, 0.3) is 0 Å². The molecule has 2 aromatic carbocycles. The van der Waals surface area contributed by atoms with E-state index in [2.05, 4.69) is 42.2 Å². The van der Waals surface area contributed by atoms with Crippen molar-refractivity contribution in [1.29, 1.82) is 0 Å². The SMILES string of the molecule is Cc1cc(Cl)ccc1N1Cc2ccccc2C1. The molecule has 0 aliphatic carbocycles. The first-order chi connectivity index (χ1) is 8.24. The molecule has 2 heteroatoms. The van der Waals surface area contributed by atoms with Gasteiger partial charge in [-0.3, -0.25) is 0 Å². The van der Waals surface area contributed by atoms with Crippen LogP contribution in [0.5, 0.6) is 0 Å². The van der Waals surface area contributed by atoms with Gasteiger partial charge in [-0.25, -0.2) is 0 Å². The third-order valence-electron chi connectivity index (χ3n) is 3.34. The largest absolute Gasteiger partial charge is 0.363 e. The molecule has 0 unspecified atom stereocenters. The topological polar surface area (TPSA) is 3.24 Å². The van der Waals surface area contributed by atoms with Crippen molar-refractivity contribution >= 4 is 17.3 Å². The van der Waals surface area contributed by atoms with Gasteiger partial charge in [-0.15, -0.1) is 0 Å². The number of hydrogen-bond acceptors (Lipinski definition) is 1. The van der Waals surface area contributed by atoms with Crippen molar-refractivity contribution in [3.05, 3.63) is 64.2 Å². The predicted octanol–water partition coefficient (Wildman–Crippen LogP) is 4.17. The highest BCUT2D eigenvalue weighted by Crippen LogP contribution is 2.31. The molecule has 0 N–H and O–H groups in total. The predicted molar refractivity (Wildman–Crippen MR) is 72.5 cm³/mol. The first-order valence-corrected chi connectivity index (χ1v) is 6.20. The van der Waals surface area contributed by atoms with Crippen molar-refractivity contribution in [1.82, 2.24) is 0 Å². The highest BCUT2D eigenvalue weighted by Gasteiger charge is 2.19. The summed E-state index contributed by atoms with van der Waals surface area (Å²) in [4.78, 5) is 2.40. The molecule has 1 heterocycles. The Hall–Kier alpha value is -1.47. The molecule has 1 nitrogen and oxygen atoms in total. The van der Waals surface area contributed by atoms with E-state index in [1.165, 1.54) is 22.4 Å². The van der Waals surface area contributed by atoms with Crippen molar-refractivity contribution in [3.8, 4) is 0 Å². The van der Waals surface area contributed by atoms with Crippen LogP contribution in [0.1, 0.15) is 16.7 Å². The van der Waals surface area contributed by atoms with Gasteiger partial charge in [-0.2, -0.15) is 0 Å². The van der Waals surface area contributed by atoms with E-state index < -0.39 is 0 Å². The van der Waals surface area contributed by atoms with Crippen molar-refractivity contribution in [2.24, 2.45) is 0 Å². The lowest BCUT2D eigenvalue weighted by Gasteiger charge is -2.20. The maximum atomic E-state index is 5.99. The summed E-state index contributed by atoms with van der Waals surface area (Å²) in [6.45, 7) is 4.11. The van der Waals surface area contributed by atoms with Crippen LogP contribution in [-0.4, -0.2) is 0 Å². The quantitative estimate of drug-likeness (QED) is 0.727. The normalized spacial score (nSPS) is 13.9. The van der Waals surface area contributed by atoms with Crippen LogP contribution in [0.4, 0.5) is 5.69 Å². The zero-order valence-electron chi connectivity index (χ0n) is 9.78. The molecular weight excluding hydrogens is 230 g/mol. The summed E-state index contributed by atoms with van der Waals surface area (Å²) < 4.78 is 0. The molecule has 0 aromatic heterocycles. The standard InChI is InChI=1S/C15H14ClN/c1-11-8-14(16)6-7-15(11)17-9-12-4-2-3-5-13(12)10-17/h2-8H,9-10H2,1H3. The van der Waals surface area contributed by atoms with Gasteiger partial charge in [0.2, 0.25) is 0 Å². The first-order valence-electron chi connectivity index (χ1n) is 5.82. The summed E-state index contributed by atoms with van der Waals surface area (Å²) >= 11 is 5.99. The van der Waals surface area contributed by atoms with Crippen LogP contribution in [0.3, 0.4) is 0 Å². The lowest BCUT2D eigenvalue weighted by atomic mass is 10.1. The zero-order chi connectivity index (χ0) is 11.8. The minimum Gasteiger partial charge on any atom is -0.363 e. The van der Waals surface area contributed by atoms with Crippen molar-refractivity contribution in [2.75, 3.05) is 4.90 Å². The van der Waals surface area contributed by atoms with Crippen molar-refractivity contribution in [3.63, 3.8) is 0 Å². The van der Waals surface area contributed by atoms with Crippen LogP contribution >= 0.6 is 11.6 Å². The van der Waals surface area contributed by atoms with Crippen LogP contribution in [0.25, 0.3) is 0 Å². The molecule has 0 bridgehead atoms. The van der Waals surface area contributed by atoms with E-state index in [0.717, 1.165) is 18.1 Å². The molecule has 0 saturated carbocycles. The van der Waals surface area contributed by atoms with Gasteiger partial charge in [0, 0.05) is 23.8 Å². The molecule has 0 amide bonds. The maximum absolute atomic E-state index is 5.99. The number of aryl methyl sites for hydroxylation is 1. The van der Waals surface area contributed by atoms with E-state index in [-0.39, 0.29) is 0 Å². The average Bonchev–Trinajstić information content (AvgIpc) is 2.72. The van der Waals surface area contributed by atoms with Crippen LogP contribution < -0.4 is 4.90 Å². The Morgan fingerprint density at radius 3 is 2.24 bits per heavy atom. The van der Waals surface area contributed by atoms with Crippen molar-refractivity contribution < 1.29 is 0 Å². The second kappa shape index (κ2) is 4.08. The van der Waals surface area contributed by atoms with E-state index >= 15 is 0 Å². The zero-order valence-corrected chi connectivity index (χ0v) is 10.5. The van der Waals surface area contributed by atoms with E-state index in [0.29, 0.717) is 0 Å². The van der Waals surface area contributed by atoms with Crippen molar-refractivity contribution in [2.45, 2.75) is 20.0 Å². The second-order valence-corrected chi connectivity index (χ2v) is 4.99. The van der Waals surface area contributed by atoms with Crippen LogP contribution in [0, 0.1) is 6.92 Å². The number of benzene rings is 2. The fourth-order valence-electron chi connectivity index (χ4n) is 2.48. The lowest BCUT2D eigenvalue weighted by Crippen LogP contribution is -2.15. The Labute approximate surface area is 107 Å². The van der Waals surface area contributed by atoms with Gasteiger partial charge in [0.05, 0.1) is 0 Å². The summed E-state index contributed by atoms with van der Waals surface area (Å²) in [6, 6.07) is 14.7. The Morgan fingerprint density at radius 1 is 1.00 bits per heavy atom.